The van der Waals surface area contributed by atoms with Crippen molar-refractivity contribution in [2.75, 3.05) is 6.61 Å². The third kappa shape index (κ3) is 2.28. The minimum Gasteiger partial charge on any atom is -0.376 e. The maximum Gasteiger partial charge on any atom is 0.272 e. The lowest BCUT2D eigenvalue weighted by Crippen LogP contribution is -2.41. The van der Waals surface area contributed by atoms with Gasteiger partial charge in [0.15, 0.2) is 0 Å². The van der Waals surface area contributed by atoms with Crippen LogP contribution in [0.25, 0.3) is 0 Å². The molecule has 1 aromatic heterocycles. The summed E-state index contributed by atoms with van der Waals surface area (Å²) in [6.07, 6.45) is 3.37. The Hall–Kier alpha value is -1.69. The number of nitrogens with zero attached hydrogens (tertiary/aromatic N) is 1. The number of carbonyl (C=O) groups is 1. The summed E-state index contributed by atoms with van der Waals surface area (Å²) in [5, 5.41) is 8.91. The summed E-state index contributed by atoms with van der Waals surface area (Å²) in [5.74, 6) is 0.341. The van der Waals surface area contributed by atoms with Crippen LogP contribution in [0.1, 0.15) is 29.8 Å². The predicted octanol–water partition coefficient (Wildman–Crippen LogP) is 0.0672. The molecule has 1 saturated carbocycles. The second-order valence-electron chi connectivity index (χ2n) is 4.85. The van der Waals surface area contributed by atoms with Crippen molar-refractivity contribution in [3.63, 3.8) is 0 Å². The van der Waals surface area contributed by atoms with Crippen LogP contribution in [0.4, 0.5) is 0 Å². The first-order valence-electron chi connectivity index (χ1n) is 6.22. The molecule has 1 aliphatic heterocycles. The molecule has 3 rings (SSSR count). The second-order valence-corrected chi connectivity index (χ2v) is 4.85. The fourth-order valence-corrected chi connectivity index (χ4v) is 2.37. The molecule has 0 aromatic carbocycles. The summed E-state index contributed by atoms with van der Waals surface area (Å²) < 4.78 is 5.65. The predicted molar refractivity (Wildman–Crippen MR) is 63.2 cm³/mol. The number of aromatic nitrogens is 2. The largest absolute Gasteiger partial charge is 0.376 e. The summed E-state index contributed by atoms with van der Waals surface area (Å²) in [4.78, 5) is 22.8. The SMILES string of the molecule is O=C(NC1CCOC1C1CC1)c1ccc(=O)[nH]n1. The third-order valence-corrected chi connectivity index (χ3v) is 3.45. The van der Waals surface area contributed by atoms with Crippen molar-refractivity contribution in [3.8, 4) is 0 Å². The van der Waals surface area contributed by atoms with Crippen LogP contribution in [-0.2, 0) is 4.74 Å². The Kier molecular flexibility index (Phi) is 2.87. The van der Waals surface area contributed by atoms with Gasteiger partial charge in [-0.05, 0) is 31.2 Å². The van der Waals surface area contributed by atoms with Crippen LogP contribution in [-0.4, -0.2) is 34.9 Å². The Morgan fingerprint density at radius 2 is 2.22 bits per heavy atom. The summed E-state index contributed by atoms with van der Waals surface area (Å²) in [5.41, 5.74) is -0.0809. The van der Waals surface area contributed by atoms with Crippen molar-refractivity contribution in [1.82, 2.24) is 15.5 Å². The van der Waals surface area contributed by atoms with E-state index in [0.29, 0.717) is 12.5 Å². The fourth-order valence-electron chi connectivity index (χ4n) is 2.37. The van der Waals surface area contributed by atoms with Crippen LogP contribution >= 0.6 is 0 Å². The molecule has 2 fully saturated rings. The molecule has 6 heteroatoms. The number of nitrogens with one attached hydrogen (secondary N) is 2. The first kappa shape index (κ1) is 11.4. The van der Waals surface area contributed by atoms with Gasteiger partial charge in [-0.3, -0.25) is 9.59 Å². The summed E-state index contributed by atoms with van der Waals surface area (Å²) in [6.45, 7) is 0.700. The molecule has 2 unspecified atom stereocenters. The Bertz CT molecular complexity index is 489. The first-order chi connectivity index (χ1) is 8.74. The molecule has 0 bridgehead atoms. The van der Waals surface area contributed by atoms with Gasteiger partial charge in [0.25, 0.3) is 11.5 Å². The number of hydrogen-bond donors (Lipinski definition) is 2. The van der Waals surface area contributed by atoms with Crippen molar-refractivity contribution in [2.24, 2.45) is 5.92 Å². The van der Waals surface area contributed by atoms with Crippen molar-refractivity contribution in [1.29, 1.82) is 0 Å². The van der Waals surface area contributed by atoms with E-state index in [9.17, 15) is 9.59 Å². The van der Waals surface area contributed by atoms with E-state index in [-0.39, 0.29) is 29.3 Å². The van der Waals surface area contributed by atoms with Gasteiger partial charge >= 0.3 is 0 Å². The quantitative estimate of drug-likeness (QED) is 0.793. The van der Waals surface area contributed by atoms with Gasteiger partial charge in [0.1, 0.15) is 5.69 Å². The summed E-state index contributed by atoms with van der Waals surface area (Å²) >= 11 is 0. The molecular weight excluding hydrogens is 234 g/mol. The zero-order valence-electron chi connectivity index (χ0n) is 9.89. The lowest BCUT2D eigenvalue weighted by Gasteiger charge is -2.18. The van der Waals surface area contributed by atoms with E-state index in [2.05, 4.69) is 15.5 Å². The average Bonchev–Trinajstić information content (AvgIpc) is 3.11. The topological polar surface area (TPSA) is 84.1 Å². The van der Waals surface area contributed by atoms with Crippen molar-refractivity contribution in [3.05, 3.63) is 28.2 Å². The average molecular weight is 249 g/mol. The van der Waals surface area contributed by atoms with Crippen molar-refractivity contribution in [2.45, 2.75) is 31.4 Å². The highest BCUT2D eigenvalue weighted by molar-refractivity contribution is 5.92. The lowest BCUT2D eigenvalue weighted by molar-refractivity contribution is 0.0727. The van der Waals surface area contributed by atoms with E-state index in [1.807, 2.05) is 0 Å². The molecule has 2 aliphatic rings. The monoisotopic (exact) mass is 249 g/mol. The molecule has 1 aliphatic carbocycles. The number of H-pyrrole nitrogens is 1. The van der Waals surface area contributed by atoms with Gasteiger partial charge in [-0.25, -0.2) is 5.10 Å². The molecule has 2 atom stereocenters. The van der Waals surface area contributed by atoms with Crippen LogP contribution in [0.2, 0.25) is 0 Å². The Morgan fingerprint density at radius 1 is 1.39 bits per heavy atom. The van der Waals surface area contributed by atoms with Crippen molar-refractivity contribution < 1.29 is 9.53 Å². The van der Waals surface area contributed by atoms with Gasteiger partial charge in [-0.1, -0.05) is 0 Å². The highest BCUT2D eigenvalue weighted by Crippen LogP contribution is 2.38. The molecule has 0 spiro atoms. The number of aromatic amines is 1. The second kappa shape index (κ2) is 4.53. The number of amides is 1. The lowest BCUT2D eigenvalue weighted by atomic mass is 10.1. The molecule has 2 heterocycles. The van der Waals surface area contributed by atoms with Crippen LogP contribution in [0.15, 0.2) is 16.9 Å². The highest BCUT2D eigenvalue weighted by atomic mass is 16.5. The smallest absolute Gasteiger partial charge is 0.272 e. The van der Waals surface area contributed by atoms with E-state index >= 15 is 0 Å². The molecule has 1 amide bonds. The summed E-state index contributed by atoms with van der Waals surface area (Å²) in [6, 6.07) is 2.79. The van der Waals surface area contributed by atoms with E-state index < -0.39 is 0 Å². The van der Waals surface area contributed by atoms with Crippen LogP contribution in [0.5, 0.6) is 0 Å². The number of rotatable bonds is 3. The Balaban J connectivity index is 1.66. The Morgan fingerprint density at radius 3 is 2.89 bits per heavy atom. The van der Waals surface area contributed by atoms with E-state index in [0.717, 1.165) is 6.42 Å². The zero-order valence-corrected chi connectivity index (χ0v) is 9.89. The molecule has 1 saturated heterocycles. The highest BCUT2D eigenvalue weighted by Gasteiger charge is 2.41. The van der Waals surface area contributed by atoms with Gasteiger partial charge in [-0.2, -0.15) is 5.10 Å². The van der Waals surface area contributed by atoms with Gasteiger partial charge in [0.05, 0.1) is 12.1 Å². The van der Waals surface area contributed by atoms with E-state index in [1.165, 1.54) is 25.0 Å². The van der Waals surface area contributed by atoms with Crippen molar-refractivity contribution >= 4 is 5.91 Å². The molecule has 1 aromatic rings. The van der Waals surface area contributed by atoms with Gasteiger partial charge < -0.3 is 10.1 Å². The van der Waals surface area contributed by atoms with Gasteiger partial charge in [-0.15, -0.1) is 0 Å². The normalized spacial score (nSPS) is 27.1. The molecule has 0 radical (unpaired) electrons. The summed E-state index contributed by atoms with van der Waals surface area (Å²) in [7, 11) is 0. The van der Waals surface area contributed by atoms with Crippen LogP contribution in [0, 0.1) is 5.92 Å². The standard InChI is InChI=1S/C12H15N3O3/c16-10-4-3-9(14-15-10)12(17)13-8-5-6-18-11(8)7-1-2-7/h3-4,7-8,11H,1-2,5-6H2,(H,13,17)(H,15,16). The third-order valence-electron chi connectivity index (χ3n) is 3.45. The minimum absolute atomic E-state index is 0.0683. The molecule has 18 heavy (non-hydrogen) atoms. The number of carbonyl (C=O) groups excluding carboxylic acids is 1. The molecular formula is C12H15N3O3. The maximum atomic E-state index is 11.9. The van der Waals surface area contributed by atoms with E-state index in [1.54, 1.807) is 0 Å². The number of ether oxygens (including phenoxy) is 1. The van der Waals surface area contributed by atoms with Crippen LogP contribution in [0.3, 0.4) is 0 Å². The first-order valence-corrected chi connectivity index (χ1v) is 6.22. The minimum atomic E-state index is -0.313. The maximum absolute atomic E-state index is 11.9. The zero-order chi connectivity index (χ0) is 12.5. The molecule has 2 N–H and O–H groups in total. The van der Waals surface area contributed by atoms with Gasteiger partial charge in [0.2, 0.25) is 0 Å². The fraction of sp³-hybridized carbons (Fsp3) is 0.583. The van der Waals surface area contributed by atoms with E-state index in [4.69, 9.17) is 4.74 Å². The van der Waals surface area contributed by atoms with Gasteiger partial charge in [0, 0.05) is 12.7 Å². The van der Waals surface area contributed by atoms with Crippen LogP contribution < -0.4 is 10.9 Å². The molecule has 96 valence electrons. The number of hydrogen-bond acceptors (Lipinski definition) is 4. The molecule has 6 nitrogen and oxygen atoms in total. The Labute approximate surface area is 104 Å².